The second kappa shape index (κ2) is 6.55. The Morgan fingerprint density at radius 3 is 2.59 bits per heavy atom. The minimum absolute atomic E-state index is 0.472. The van der Waals surface area contributed by atoms with Crippen molar-refractivity contribution in [2.24, 2.45) is 0 Å². The number of benzene rings is 2. The van der Waals surface area contributed by atoms with Gasteiger partial charge in [0.25, 0.3) is 0 Å². The summed E-state index contributed by atoms with van der Waals surface area (Å²) in [4.78, 5) is 0. The van der Waals surface area contributed by atoms with E-state index in [1.165, 1.54) is 22.0 Å². The lowest BCUT2D eigenvalue weighted by Gasteiger charge is -2.06. The molecule has 1 heterocycles. The van der Waals surface area contributed by atoms with Gasteiger partial charge < -0.3 is 9.88 Å². The van der Waals surface area contributed by atoms with Gasteiger partial charge in [-0.3, -0.25) is 0 Å². The zero-order valence-corrected chi connectivity index (χ0v) is 13.8. The van der Waals surface area contributed by atoms with Gasteiger partial charge in [-0.05, 0) is 23.3 Å². The van der Waals surface area contributed by atoms with E-state index in [0.29, 0.717) is 6.04 Å². The minimum atomic E-state index is 0.472. The summed E-state index contributed by atoms with van der Waals surface area (Å²) in [7, 11) is 0. The van der Waals surface area contributed by atoms with Gasteiger partial charge in [0.2, 0.25) is 0 Å². The number of rotatable bonds is 5. The molecule has 0 aliphatic rings. The quantitative estimate of drug-likeness (QED) is 0.713. The molecule has 0 aliphatic heterocycles. The van der Waals surface area contributed by atoms with E-state index in [9.17, 15) is 0 Å². The topological polar surface area (TPSA) is 17.0 Å². The van der Waals surface area contributed by atoms with Gasteiger partial charge in [-0.1, -0.05) is 61.8 Å². The summed E-state index contributed by atoms with van der Waals surface area (Å²) < 4.78 is 2.29. The number of nitrogens with zero attached hydrogens (tertiary/aromatic N) is 1. The number of halogens is 1. The van der Waals surface area contributed by atoms with E-state index in [-0.39, 0.29) is 0 Å². The molecule has 1 N–H and O–H groups in total. The van der Waals surface area contributed by atoms with Gasteiger partial charge in [-0.25, -0.2) is 0 Å². The fraction of sp³-hybridized carbons (Fsp3) is 0.263. The molecule has 114 valence electrons. The molecule has 0 unspecified atom stereocenters. The smallest absolute Gasteiger partial charge is 0.0501 e. The van der Waals surface area contributed by atoms with E-state index < -0.39 is 0 Å². The molecule has 0 aliphatic carbocycles. The van der Waals surface area contributed by atoms with Crippen molar-refractivity contribution in [3.8, 4) is 0 Å². The predicted molar refractivity (Wildman–Crippen MR) is 94.5 cm³/mol. The van der Waals surface area contributed by atoms with E-state index in [0.717, 1.165) is 18.1 Å². The van der Waals surface area contributed by atoms with E-state index in [4.69, 9.17) is 11.6 Å². The normalized spacial score (nSPS) is 11.5. The van der Waals surface area contributed by atoms with Crippen molar-refractivity contribution in [2.45, 2.75) is 33.0 Å². The van der Waals surface area contributed by atoms with Crippen LogP contribution in [0.25, 0.3) is 10.9 Å². The first-order chi connectivity index (χ1) is 10.6. The molecule has 3 aromatic rings. The summed E-state index contributed by atoms with van der Waals surface area (Å²) in [5, 5.41) is 5.55. The summed E-state index contributed by atoms with van der Waals surface area (Å²) in [6.07, 6.45) is 2.24. The van der Waals surface area contributed by atoms with Crippen molar-refractivity contribution < 1.29 is 0 Å². The van der Waals surface area contributed by atoms with Gasteiger partial charge in [0.1, 0.15) is 0 Å². The van der Waals surface area contributed by atoms with Crippen LogP contribution in [0.2, 0.25) is 5.02 Å². The van der Waals surface area contributed by atoms with Crippen molar-refractivity contribution >= 4 is 22.5 Å². The average Bonchev–Trinajstić information content (AvgIpc) is 2.83. The highest BCUT2D eigenvalue weighted by Gasteiger charge is 2.10. The number of hydrogen-bond donors (Lipinski definition) is 1. The molecule has 0 atom stereocenters. The molecule has 1 aromatic heterocycles. The number of nitrogens with one attached hydrogen (secondary N) is 1. The summed E-state index contributed by atoms with van der Waals surface area (Å²) in [6.45, 7) is 6.07. The van der Waals surface area contributed by atoms with Crippen LogP contribution in [0.3, 0.4) is 0 Å². The average molecular weight is 313 g/mol. The van der Waals surface area contributed by atoms with Crippen molar-refractivity contribution in [1.82, 2.24) is 9.88 Å². The SMILES string of the molecule is CC(C)NCc1cn(Cc2ccccc2)c2cc(Cl)ccc12. The van der Waals surface area contributed by atoms with Crippen LogP contribution in [0.1, 0.15) is 25.0 Å². The van der Waals surface area contributed by atoms with Crippen LogP contribution in [0.15, 0.2) is 54.7 Å². The van der Waals surface area contributed by atoms with E-state index in [2.05, 4.69) is 66.3 Å². The van der Waals surface area contributed by atoms with E-state index in [1.807, 2.05) is 12.1 Å². The molecule has 0 bridgehead atoms. The second-order valence-electron chi connectivity index (χ2n) is 5.96. The van der Waals surface area contributed by atoms with Gasteiger partial charge in [-0.2, -0.15) is 0 Å². The maximum Gasteiger partial charge on any atom is 0.0501 e. The highest BCUT2D eigenvalue weighted by atomic mass is 35.5. The molecule has 0 saturated heterocycles. The summed E-state index contributed by atoms with van der Waals surface area (Å²) in [5.41, 5.74) is 3.80. The number of fused-ring (bicyclic) bond motifs is 1. The minimum Gasteiger partial charge on any atom is -0.343 e. The molecule has 2 aromatic carbocycles. The first kappa shape index (κ1) is 15.1. The summed E-state index contributed by atoms with van der Waals surface area (Å²) >= 11 is 6.20. The maximum atomic E-state index is 6.20. The van der Waals surface area contributed by atoms with Crippen LogP contribution in [-0.2, 0) is 13.1 Å². The molecule has 0 fully saturated rings. The Balaban J connectivity index is 1.99. The third-order valence-electron chi connectivity index (χ3n) is 3.82. The largest absolute Gasteiger partial charge is 0.343 e. The Hall–Kier alpha value is -1.77. The zero-order valence-electron chi connectivity index (χ0n) is 13.0. The molecule has 0 amide bonds. The molecule has 0 saturated carbocycles. The van der Waals surface area contributed by atoms with Crippen LogP contribution in [0.5, 0.6) is 0 Å². The van der Waals surface area contributed by atoms with E-state index >= 15 is 0 Å². The van der Waals surface area contributed by atoms with Crippen molar-refractivity contribution in [2.75, 3.05) is 0 Å². The molecule has 2 nitrogen and oxygen atoms in total. The maximum absolute atomic E-state index is 6.20. The lowest BCUT2D eigenvalue weighted by atomic mass is 10.1. The van der Waals surface area contributed by atoms with Gasteiger partial charge >= 0.3 is 0 Å². The number of aromatic nitrogens is 1. The molecular weight excluding hydrogens is 292 g/mol. The van der Waals surface area contributed by atoms with Crippen LogP contribution in [0, 0.1) is 0 Å². The van der Waals surface area contributed by atoms with Gasteiger partial charge in [0.05, 0.1) is 5.52 Å². The summed E-state index contributed by atoms with van der Waals surface area (Å²) in [5.74, 6) is 0. The zero-order chi connectivity index (χ0) is 15.5. The monoisotopic (exact) mass is 312 g/mol. The molecule has 3 rings (SSSR count). The fourth-order valence-corrected chi connectivity index (χ4v) is 2.87. The Morgan fingerprint density at radius 1 is 1.09 bits per heavy atom. The van der Waals surface area contributed by atoms with E-state index in [1.54, 1.807) is 0 Å². The van der Waals surface area contributed by atoms with Gasteiger partial charge in [0, 0.05) is 35.7 Å². The van der Waals surface area contributed by atoms with Crippen LogP contribution in [0.4, 0.5) is 0 Å². The first-order valence-electron chi connectivity index (χ1n) is 7.68. The summed E-state index contributed by atoms with van der Waals surface area (Å²) in [6, 6.07) is 17.1. The second-order valence-corrected chi connectivity index (χ2v) is 6.40. The predicted octanol–water partition coefficient (Wildman–Crippen LogP) is 4.84. The van der Waals surface area contributed by atoms with Gasteiger partial charge in [-0.15, -0.1) is 0 Å². The molecule has 22 heavy (non-hydrogen) atoms. The van der Waals surface area contributed by atoms with Crippen LogP contribution >= 0.6 is 11.6 Å². The number of hydrogen-bond acceptors (Lipinski definition) is 1. The lowest BCUT2D eigenvalue weighted by Crippen LogP contribution is -2.21. The standard InChI is InChI=1S/C19H21ClN2/c1-14(2)21-11-16-13-22(12-15-6-4-3-5-7-15)19-10-17(20)8-9-18(16)19/h3-10,13-14,21H,11-12H2,1-2H3. The highest BCUT2D eigenvalue weighted by molar-refractivity contribution is 6.31. The third-order valence-corrected chi connectivity index (χ3v) is 4.06. The Morgan fingerprint density at radius 2 is 1.86 bits per heavy atom. The Kier molecular flexibility index (Phi) is 4.51. The third kappa shape index (κ3) is 3.34. The Labute approximate surface area is 136 Å². The molecular formula is C19H21ClN2. The van der Waals surface area contributed by atoms with Gasteiger partial charge in [0.15, 0.2) is 0 Å². The molecule has 0 radical (unpaired) electrons. The molecule has 0 spiro atoms. The van der Waals surface area contributed by atoms with Crippen LogP contribution in [-0.4, -0.2) is 10.6 Å². The van der Waals surface area contributed by atoms with Crippen molar-refractivity contribution in [3.05, 3.63) is 70.9 Å². The van der Waals surface area contributed by atoms with Crippen molar-refractivity contribution in [3.63, 3.8) is 0 Å². The molecule has 3 heteroatoms. The fourth-order valence-electron chi connectivity index (χ4n) is 2.71. The van der Waals surface area contributed by atoms with Crippen LogP contribution < -0.4 is 5.32 Å². The lowest BCUT2D eigenvalue weighted by molar-refractivity contribution is 0.589. The Bertz CT molecular complexity index is 760. The first-order valence-corrected chi connectivity index (χ1v) is 8.06. The highest BCUT2D eigenvalue weighted by Crippen LogP contribution is 2.25. The van der Waals surface area contributed by atoms with Crippen molar-refractivity contribution in [1.29, 1.82) is 0 Å².